The van der Waals surface area contributed by atoms with Gasteiger partial charge in [-0.15, -0.1) is 0 Å². The minimum Gasteiger partial charge on any atom is -0.464 e. The number of morpholine rings is 1. The Kier molecular flexibility index (Phi) is 6.94. The van der Waals surface area contributed by atoms with Crippen molar-refractivity contribution in [1.29, 1.82) is 0 Å². The van der Waals surface area contributed by atoms with Crippen molar-refractivity contribution >= 4 is 11.9 Å². The average molecular weight is 451 g/mol. The van der Waals surface area contributed by atoms with E-state index in [4.69, 9.17) is 9.47 Å². The molecular weight excluding hydrogens is 426 g/mol. The highest BCUT2D eigenvalue weighted by atomic mass is 16.5. The standard InChI is InChI=1S/C23H25N5O5/c1-26-15-19(14-24-26)28-6-5-21(29)20(25-28)12-17-3-2-4-18(11-17)13-23(31)33-10-8-27-7-9-32-16-22(27)30/h2-6,11,14-15H,7-10,12-13,16H2,1H3. The molecule has 1 saturated heterocycles. The summed E-state index contributed by atoms with van der Waals surface area (Å²) in [6.45, 7) is 1.58. The molecule has 0 saturated carbocycles. The van der Waals surface area contributed by atoms with Gasteiger partial charge in [-0.3, -0.25) is 19.1 Å². The number of carbonyl (C=O) groups excluding carboxylic acids is 2. The van der Waals surface area contributed by atoms with Crippen LogP contribution in [-0.4, -0.2) is 69.2 Å². The molecule has 0 bridgehead atoms. The zero-order valence-corrected chi connectivity index (χ0v) is 18.3. The summed E-state index contributed by atoms with van der Waals surface area (Å²) in [5.74, 6) is -0.466. The van der Waals surface area contributed by atoms with Gasteiger partial charge in [0.05, 0.1) is 32.0 Å². The summed E-state index contributed by atoms with van der Waals surface area (Å²) in [5.41, 5.74) is 2.65. The van der Waals surface area contributed by atoms with E-state index in [1.165, 1.54) is 6.07 Å². The number of amides is 1. The second-order valence-corrected chi connectivity index (χ2v) is 7.77. The summed E-state index contributed by atoms with van der Waals surface area (Å²) in [6.07, 6.45) is 5.53. The van der Waals surface area contributed by atoms with Gasteiger partial charge in [0.15, 0.2) is 0 Å². The third-order valence-electron chi connectivity index (χ3n) is 5.26. The second-order valence-electron chi connectivity index (χ2n) is 7.77. The van der Waals surface area contributed by atoms with E-state index in [2.05, 4.69) is 10.2 Å². The van der Waals surface area contributed by atoms with Gasteiger partial charge in [-0.05, 0) is 11.1 Å². The summed E-state index contributed by atoms with van der Waals surface area (Å²) in [4.78, 5) is 37.9. The fourth-order valence-corrected chi connectivity index (χ4v) is 3.56. The van der Waals surface area contributed by atoms with Gasteiger partial charge in [0.1, 0.15) is 24.6 Å². The summed E-state index contributed by atoms with van der Waals surface area (Å²) in [6, 6.07) is 8.92. The largest absolute Gasteiger partial charge is 0.464 e. The molecular formula is C23H25N5O5. The Hall–Kier alpha value is -3.79. The maximum Gasteiger partial charge on any atom is 0.310 e. The molecule has 1 aliphatic heterocycles. The number of benzene rings is 1. The van der Waals surface area contributed by atoms with Crippen LogP contribution in [0.5, 0.6) is 0 Å². The van der Waals surface area contributed by atoms with Gasteiger partial charge in [0.25, 0.3) is 0 Å². The van der Waals surface area contributed by atoms with Crippen molar-refractivity contribution in [2.75, 3.05) is 32.9 Å². The summed E-state index contributed by atoms with van der Waals surface area (Å²) in [5, 5.41) is 8.58. The topological polar surface area (TPSA) is 109 Å². The average Bonchev–Trinajstić information content (AvgIpc) is 3.23. The number of rotatable bonds is 8. The van der Waals surface area contributed by atoms with Gasteiger partial charge in [-0.1, -0.05) is 24.3 Å². The highest BCUT2D eigenvalue weighted by Gasteiger charge is 2.18. The van der Waals surface area contributed by atoms with Gasteiger partial charge in [0, 0.05) is 32.3 Å². The molecule has 4 rings (SSSR count). The Morgan fingerprint density at radius 1 is 1.21 bits per heavy atom. The first-order valence-electron chi connectivity index (χ1n) is 10.6. The molecule has 3 aromatic rings. The first-order chi connectivity index (χ1) is 16.0. The van der Waals surface area contributed by atoms with Crippen LogP contribution < -0.4 is 5.43 Å². The minimum atomic E-state index is -0.371. The zero-order valence-electron chi connectivity index (χ0n) is 18.3. The molecule has 1 fully saturated rings. The molecule has 33 heavy (non-hydrogen) atoms. The lowest BCUT2D eigenvalue weighted by Gasteiger charge is -2.26. The molecule has 0 aliphatic carbocycles. The maximum atomic E-state index is 12.3. The molecule has 1 aromatic carbocycles. The van der Waals surface area contributed by atoms with E-state index >= 15 is 0 Å². The predicted molar refractivity (Wildman–Crippen MR) is 118 cm³/mol. The minimum absolute atomic E-state index is 0.0737. The Balaban J connectivity index is 1.35. The van der Waals surface area contributed by atoms with Crippen LogP contribution >= 0.6 is 0 Å². The molecule has 10 heteroatoms. The lowest BCUT2D eigenvalue weighted by atomic mass is 10.0. The first-order valence-corrected chi connectivity index (χ1v) is 10.6. The van der Waals surface area contributed by atoms with E-state index in [0.29, 0.717) is 31.8 Å². The Labute approximate surface area is 190 Å². The quantitative estimate of drug-likeness (QED) is 0.459. The summed E-state index contributed by atoms with van der Waals surface area (Å²) < 4.78 is 13.7. The fourth-order valence-electron chi connectivity index (χ4n) is 3.56. The molecule has 172 valence electrons. The number of ether oxygens (including phenoxy) is 2. The summed E-state index contributed by atoms with van der Waals surface area (Å²) >= 11 is 0. The van der Waals surface area contributed by atoms with Crippen molar-refractivity contribution in [3.8, 4) is 5.69 Å². The van der Waals surface area contributed by atoms with Crippen molar-refractivity contribution in [2.45, 2.75) is 12.8 Å². The van der Waals surface area contributed by atoms with E-state index in [0.717, 1.165) is 16.8 Å². The smallest absolute Gasteiger partial charge is 0.310 e. The SMILES string of the molecule is Cn1cc(-n2ccc(=O)c(Cc3cccc(CC(=O)OCCN4CCOCC4=O)c3)n2)cn1. The maximum absolute atomic E-state index is 12.3. The van der Waals surface area contributed by atoms with E-state index in [-0.39, 0.29) is 36.9 Å². The molecule has 0 unspecified atom stereocenters. The summed E-state index contributed by atoms with van der Waals surface area (Å²) in [7, 11) is 1.81. The third kappa shape index (κ3) is 5.92. The molecule has 1 amide bonds. The van der Waals surface area contributed by atoms with Crippen molar-refractivity contribution in [3.05, 3.63) is 76.0 Å². The van der Waals surface area contributed by atoms with Gasteiger partial charge in [0.2, 0.25) is 11.3 Å². The molecule has 2 aromatic heterocycles. The van der Waals surface area contributed by atoms with Crippen LogP contribution in [0.4, 0.5) is 0 Å². The van der Waals surface area contributed by atoms with Gasteiger partial charge in [-0.2, -0.15) is 10.2 Å². The van der Waals surface area contributed by atoms with Crippen LogP contribution in [0.3, 0.4) is 0 Å². The number of hydrogen-bond donors (Lipinski definition) is 0. The second kappa shape index (κ2) is 10.2. The number of aryl methyl sites for hydroxylation is 1. The zero-order chi connectivity index (χ0) is 23.2. The van der Waals surface area contributed by atoms with Gasteiger partial charge < -0.3 is 14.4 Å². The van der Waals surface area contributed by atoms with Gasteiger partial charge in [-0.25, -0.2) is 4.68 Å². The van der Waals surface area contributed by atoms with Crippen molar-refractivity contribution in [2.24, 2.45) is 7.05 Å². The number of aromatic nitrogens is 4. The Morgan fingerprint density at radius 2 is 2.06 bits per heavy atom. The molecule has 1 aliphatic rings. The monoisotopic (exact) mass is 451 g/mol. The highest BCUT2D eigenvalue weighted by molar-refractivity contribution is 5.78. The van der Waals surface area contributed by atoms with Crippen LogP contribution in [0.25, 0.3) is 5.69 Å². The molecule has 0 spiro atoms. The number of hydrogen-bond acceptors (Lipinski definition) is 7. The van der Waals surface area contributed by atoms with Crippen molar-refractivity contribution in [1.82, 2.24) is 24.5 Å². The van der Waals surface area contributed by atoms with Crippen LogP contribution in [0.2, 0.25) is 0 Å². The predicted octanol–water partition coefficient (Wildman–Crippen LogP) is 0.501. The number of esters is 1. The lowest BCUT2D eigenvalue weighted by Crippen LogP contribution is -2.43. The van der Waals surface area contributed by atoms with E-state index in [1.54, 1.807) is 26.7 Å². The molecule has 0 atom stereocenters. The van der Waals surface area contributed by atoms with E-state index in [1.807, 2.05) is 37.5 Å². The van der Waals surface area contributed by atoms with E-state index < -0.39 is 0 Å². The highest BCUT2D eigenvalue weighted by Crippen LogP contribution is 2.11. The normalized spacial score (nSPS) is 13.8. The molecule has 10 nitrogen and oxygen atoms in total. The van der Waals surface area contributed by atoms with Crippen molar-refractivity contribution < 1.29 is 19.1 Å². The lowest BCUT2D eigenvalue weighted by molar-refractivity contribution is -0.149. The third-order valence-corrected chi connectivity index (χ3v) is 5.26. The number of nitrogens with zero attached hydrogens (tertiary/aromatic N) is 5. The number of carbonyl (C=O) groups is 2. The van der Waals surface area contributed by atoms with Crippen LogP contribution in [0.15, 0.2) is 53.7 Å². The fraction of sp³-hybridized carbons (Fsp3) is 0.348. The van der Waals surface area contributed by atoms with E-state index in [9.17, 15) is 14.4 Å². The van der Waals surface area contributed by atoms with Crippen molar-refractivity contribution in [3.63, 3.8) is 0 Å². The Bertz CT molecular complexity index is 1200. The molecule has 0 N–H and O–H groups in total. The van der Waals surface area contributed by atoms with Crippen LogP contribution in [0.1, 0.15) is 16.8 Å². The molecule has 0 radical (unpaired) electrons. The molecule has 3 heterocycles. The Morgan fingerprint density at radius 3 is 2.85 bits per heavy atom. The van der Waals surface area contributed by atoms with Gasteiger partial charge >= 0.3 is 5.97 Å². The van der Waals surface area contributed by atoms with Crippen LogP contribution in [0, 0.1) is 0 Å². The van der Waals surface area contributed by atoms with Crippen LogP contribution in [-0.2, 0) is 39.0 Å². The first kappa shape index (κ1) is 22.4.